The summed E-state index contributed by atoms with van der Waals surface area (Å²) in [4.78, 5) is 5.65. The minimum atomic E-state index is -0.407. The third kappa shape index (κ3) is 2.55. The van der Waals surface area contributed by atoms with Gasteiger partial charge in [-0.25, -0.2) is 9.37 Å². The summed E-state index contributed by atoms with van der Waals surface area (Å²) < 4.78 is 13.2. The lowest BCUT2D eigenvalue weighted by Crippen LogP contribution is -2.11. The summed E-state index contributed by atoms with van der Waals surface area (Å²) in [6.45, 7) is 4.03. The molecule has 0 aliphatic rings. The van der Waals surface area contributed by atoms with Crippen molar-refractivity contribution >= 4 is 22.9 Å². The van der Waals surface area contributed by atoms with E-state index in [1.165, 1.54) is 6.07 Å². The number of rotatable bonds is 3. The molecule has 18 heavy (non-hydrogen) atoms. The quantitative estimate of drug-likeness (QED) is 0.914. The van der Waals surface area contributed by atoms with Gasteiger partial charge in [-0.05, 0) is 39.1 Å². The fourth-order valence-electron chi connectivity index (χ4n) is 1.72. The Labute approximate surface area is 115 Å². The Hall–Kier alpha value is -0.970. The van der Waals surface area contributed by atoms with Gasteiger partial charge in [0.15, 0.2) is 0 Å². The first kappa shape index (κ1) is 13.5. The van der Waals surface area contributed by atoms with E-state index in [0.29, 0.717) is 0 Å². The zero-order chi connectivity index (χ0) is 13.3. The Morgan fingerprint density at radius 2 is 2.17 bits per heavy atom. The molecular weight excluding hydrogens is 271 g/mol. The molecule has 5 heteroatoms. The number of hydrogen-bond donors (Lipinski definition) is 1. The Kier molecular flexibility index (Phi) is 4.00. The van der Waals surface area contributed by atoms with Gasteiger partial charge in [0.05, 0.1) is 15.7 Å². The zero-order valence-electron chi connectivity index (χ0n) is 10.4. The van der Waals surface area contributed by atoms with Gasteiger partial charge >= 0.3 is 0 Å². The molecule has 1 aromatic carbocycles. The van der Waals surface area contributed by atoms with Gasteiger partial charge in [0, 0.05) is 16.5 Å². The molecule has 1 atom stereocenters. The predicted molar refractivity (Wildman–Crippen MR) is 74.7 cm³/mol. The molecule has 2 rings (SSSR count). The Morgan fingerprint density at radius 3 is 2.78 bits per heavy atom. The average molecular weight is 285 g/mol. The first-order valence-corrected chi connectivity index (χ1v) is 6.82. The number of nitrogens with zero attached hydrogens (tertiary/aromatic N) is 1. The summed E-state index contributed by atoms with van der Waals surface area (Å²) in [5.74, 6) is -0.407. The number of thiazole rings is 1. The summed E-state index contributed by atoms with van der Waals surface area (Å²) in [5.41, 5.74) is 1.73. The predicted octanol–water partition coefficient (Wildman–Crippen LogP) is 4.19. The van der Waals surface area contributed by atoms with Crippen LogP contribution in [-0.2, 0) is 0 Å². The van der Waals surface area contributed by atoms with Crippen molar-refractivity contribution in [3.8, 4) is 11.3 Å². The van der Waals surface area contributed by atoms with Crippen molar-refractivity contribution < 1.29 is 4.39 Å². The van der Waals surface area contributed by atoms with Crippen molar-refractivity contribution in [1.82, 2.24) is 10.3 Å². The van der Waals surface area contributed by atoms with Crippen LogP contribution in [0.25, 0.3) is 11.3 Å². The first-order valence-electron chi connectivity index (χ1n) is 5.63. The maximum atomic E-state index is 13.2. The zero-order valence-corrected chi connectivity index (χ0v) is 12.0. The van der Waals surface area contributed by atoms with E-state index in [-0.39, 0.29) is 11.1 Å². The van der Waals surface area contributed by atoms with Crippen LogP contribution in [0.5, 0.6) is 0 Å². The molecule has 0 bridgehead atoms. The van der Waals surface area contributed by atoms with E-state index >= 15 is 0 Å². The third-order valence-corrected chi connectivity index (χ3v) is 4.22. The average Bonchev–Trinajstić information content (AvgIpc) is 2.74. The van der Waals surface area contributed by atoms with Crippen molar-refractivity contribution in [2.75, 3.05) is 7.05 Å². The summed E-state index contributed by atoms with van der Waals surface area (Å²) in [6.07, 6.45) is 0. The van der Waals surface area contributed by atoms with Crippen LogP contribution in [0.1, 0.15) is 22.9 Å². The molecule has 1 N–H and O–H groups in total. The van der Waals surface area contributed by atoms with E-state index in [1.54, 1.807) is 23.5 Å². The summed E-state index contributed by atoms with van der Waals surface area (Å²) in [5, 5.41) is 4.31. The van der Waals surface area contributed by atoms with Crippen molar-refractivity contribution in [2.24, 2.45) is 0 Å². The molecule has 0 fully saturated rings. The van der Waals surface area contributed by atoms with Gasteiger partial charge in [-0.15, -0.1) is 11.3 Å². The van der Waals surface area contributed by atoms with Crippen LogP contribution >= 0.6 is 22.9 Å². The molecule has 0 saturated carbocycles. The van der Waals surface area contributed by atoms with Crippen LogP contribution in [0, 0.1) is 12.7 Å². The van der Waals surface area contributed by atoms with E-state index in [2.05, 4.69) is 17.2 Å². The van der Waals surface area contributed by atoms with Gasteiger partial charge in [-0.1, -0.05) is 11.6 Å². The van der Waals surface area contributed by atoms with Gasteiger partial charge in [0.1, 0.15) is 5.82 Å². The van der Waals surface area contributed by atoms with Gasteiger partial charge in [-0.2, -0.15) is 0 Å². The maximum Gasteiger partial charge on any atom is 0.141 e. The van der Waals surface area contributed by atoms with Crippen LogP contribution in [0.4, 0.5) is 4.39 Å². The molecule has 0 saturated heterocycles. The smallest absolute Gasteiger partial charge is 0.141 e. The molecule has 0 amide bonds. The lowest BCUT2D eigenvalue weighted by atomic mass is 10.1. The molecule has 0 aliphatic heterocycles. The molecule has 0 spiro atoms. The van der Waals surface area contributed by atoms with Crippen molar-refractivity contribution in [3.63, 3.8) is 0 Å². The molecule has 1 aromatic heterocycles. The maximum absolute atomic E-state index is 13.2. The normalized spacial score (nSPS) is 12.7. The van der Waals surface area contributed by atoms with E-state index < -0.39 is 5.82 Å². The number of benzene rings is 1. The molecule has 2 nitrogen and oxygen atoms in total. The molecule has 2 aromatic rings. The third-order valence-electron chi connectivity index (χ3n) is 2.78. The molecule has 0 aliphatic carbocycles. The van der Waals surface area contributed by atoms with E-state index in [0.717, 1.165) is 21.1 Å². The van der Waals surface area contributed by atoms with E-state index in [9.17, 15) is 4.39 Å². The lowest BCUT2D eigenvalue weighted by molar-refractivity contribution is 0.628. The van der Waals surface area contributed by atoms with Crippen molar-refractivity contribution in [1.29, 1.82) is 0 Å². The number of halogens is 2. The van der Waals surface area contributed by atoms with Crippen molar-refractivity contribution in [3.05, 3.63) is 38.9 Å². The number of aryl methyl sites for hydroxylation is 1. The van der Waals surface area contributed by atoms with E-state index in [1.807, 2.05) is 14.0 Å². The number of nitrogens with one attached hydrogen (secondary N) is 1. The fourth-order valence-corrected chi connectivity index (χ4v) is 2.91. The topological polar surface area (TPSA) is 24.9 Å². The lowest BCUT2D eigenvalue weighted by Gasteiger charge is -2.10. The molecule has 1 heterocycles. The second-order valence-electron chi connectivity index (χ2n) is 4.08. The van der Waals surface area contributed by atoms with Crippen molar-refractivity contribution in [2.45, 2.75) is 19.9 Å². The van der Waals surface area contributed by atoms with Gasteiger partial charge in [-0.3, -0.25) is 0 Å². The SMILES string of the molecule is CNC(C)c1sc(C)nc1-c1ccc(F)c(Cl)c1. The number of hydrogen-bond acceptors (Lipinski definition) is 3. The Morgan fingerprint density at radius 1 is 1.44 bits per heavy atom. The first-order chi connectivity index (χ1) is 8.52. The van der Waals surface area contributed by atoms with Crippen LogP contribution in [-0.4, -0.2) is 12.0 Å². The summed E-state index contributed by atoms with van der Waals surface area (Å²) >= 11 is 7.46. The highest BCUT2D eigenvalue weighted by Gasteiger charge is 2.16. The second-order valence-corrected chi connectivity index (χ2v) is 5.73. The van der Waals surface area contributed by atoms with E-state index in [4.69, 9.17) is 11.6 Å². The molecule has 1 unspecified atom stereocenters. The molecule has 96 valence electrons. The molecular formula is C13H14ClFN2S. The molecule has 0 radical (unpaired) electrons. The minimum absolute atomic E-state index is 0.126. The Balaban J connectivity index is 2.52. The largest absolute Gasteiger partial charge is 0.312 e. The summed E-state index contributed by atoms with van der Waals surface area (Å²) in [6, 6.07) is 4.91. The number of aromatic nitrogens is 1. The standard InChI is InChI=1S/C13H14ClFN2S/c1-7(16-3)13-12(17-8(2)18-13)9-4-5-11(15)10(14)6-9/h4-7,16H,1-3H3. The van der Waals surface area contributed by atoms with Crippen LogP contribution in [0.15, 0.2) is 18.2 Å². The highest BCUT2D eigenvalue weighted by Crippen LogP contribution is 2.34. The monoisotopic (exact) mass is 284 g/mol. The second kappa shape index (κ2) is 5.34. The van der Waals surface area contributed by atoms with Gasteiger partial charge in [0.25, 0.3) is 0 Å². The highest BCUT2D eigenvalue weighted by atomic mass is 35.5. The highest BCUT2D eigenvalue weighted by molar-refractivity contribution is 7.12. The summed E-state index contributed by atoms with van der Waals surface area (Å²) in [7, 11) is 1.90. The van der Waals surface area contributed by atoms with Gasteiger partial charge < -0.3 is 5.32 Å². The van der Waals surface area contributed by atoms with Gasteiger partial charge in [0.2, 0.25) is 0 Å². The van der Waals surface area contributed by atoms with Crippen LogP contribution in [0.3, 0.4) is 0 Å². The Bertz CT molecular complexity index is 568. The minimum Gasteiger partial charge on any atom is -0.312 e. The van der Waals surface area contributed by atoms with Crippen LogP contribution < -0.4 is 5.32 Å². The fraction of sp³-hybridized carbons (Fsp3) is 0.308. The van der Waals surface area contributed by atoms with Crippen LogP contribution in [0.2, 0.25) is 5.02 Å².